The highest BCUT2D eigenvalue weighted by molar-refractivity contribution is 5.58. The number of nitro groups is 1. The third-order valence-electron chi connectivity index (χ3n) is 2.82. The van der Waals surface area contributed by atoms with Crippen LogP contribution in [0.5, 0.6) is 5.75 Å². The minimum atomic E-state index is -0.464. The van der Waals surface area contributed by atoms with Crippen molar-refractivity contribution in [3.63, 3.8) is 0 Å². The number of benzene rings is 1. The maximum absolute atomic E-state index is 10.9. The number of nitrogens with one attached hydrogen (secondary N) is 1. The van der Waals surface area contributed by atoms with Crippen LogP contribution in [0.3, 0.4) is 0 Å². The van der Waals surface area contributed by atoms with Crippen LogP contribution in [0.1, 0.15) is 11.3 Å². The van der Waals surface area contributed by atoms with Crippen molar-refractivity contribution in [3.05, 3.63) is 57.9 Å². The number of ether oxygens (including phenoxy) is 1. The van der Waals surface area contributed by atoms with E-state index in [1.54, 1.807) is 18.3 Å². The molecule has 0 bridgehead atoms. The molecule has 104 valence electrons. The zero-order chi connectivity index (χ0) is 14.5. The van der Waals surface area contributed by atoms with Gasteiger partial charge >= 0.3 is 5.69 Å². The molecule has 0 unspecified atom stereocenters. The number of pyridine rings is 1. The molecule has 0 amide bonds. The lowest BCUT2D eigenvalue weighted by Gasteiger charge is -2.08. The van der Waals surface area contributed by atoms with E-state index in [1.807, 2.05) is 19.1 Å². The van der Waals surface area contributed by atoms with Gasteiger partial charge in [-0.2, -0.15) is 0 Å². The number of hydrogen-bond donors (Lipinski definition) is 1. The third-order valence-corrected chi connectivity index (χ3v) is 2.82. The lowest BCUT2D eigenvalue weighted by atomic mass is 10.2. The summed E-state index contributed by atoms with van der Waals surface area (Å²) < 4.78 is 4.96. The summed E-state index contributed by atoms with van der Waals surface area (Å²) >= 11 is 0. The lowest BCUT2D eigenvalue weighted by Crippen LogP contribution is -2.02. The molecule has 1 aromatic carbocycles. The number of nitro benzene ring substituents is 1. The number of methoxy groups -OCH3 is 1. The summed E-state index contributed by atoms with van der Waals surface area (Å²) in [6.45, 7) is 2.47. The highest BCUT2D eigenvalue weighted by Crippen LogP contribution is 2.29. The predicted octanol–water partition coefficient (Wildman–Crippen LogP) is 2.92. The van der Waals surface area contributed by atoms with Crippen molar-refractivity contribution in [2.75, 3.05) is 12.4 Å². The minimum Gasteiger partial charge on any atom is -0.490 e. The summed E-state index contributed by atoms with van der Waals surface area (Å²) in [5.74, 6) is 0.244. The van der Waals surface area contributed by atoms with Gasteiger partial charge in [-0.3, -0.25) is 15.1 Å². The first-order chi connectivity index (χ1) is 9.60. The summed E-state index contributed by atoms with van der Waals surface area (Å²) in [7, 11) is 1.41. The molecule has 20 heavy (non-hydrogen) atoms. The normalized spacial score (nSPS) is 10.1. The van der Waals surface area contributed by atoms with Crippen molar-refractivity contribution < 1.29 is 9.66 Å². The van der Waals surface area contributed by atoms with Crippen molar-refractivity contribution in [1.82, 2.24) is 4.98 Å². The van der Waals surface area contributed by atoms with Gasteiger partial charge in [0, 0.05) is 18.0 Å². The zero-order valence-corrected chi connectivity index (χ0v) is 11.3. The Morgan fingerprint density at radius 3 is 2.75 bits per heavy atom. The monoisotopic (exact) mass is 273 g/mol. The molecule has 0 saturated heterocycles. The van der Waals surface area contributed by atoms with E-state index < -0.39 is 4.92 Å². The molecule has 1 aromatic heterocycles. The van der Waals surface area contributed by atoms with Crippen molar-refractivity contribution in [3.8, 4) is 5.75 Å². The average molecular weight is 273 g/mol. The molecule has 6 nitrogen and oxygen atoms in total. The number of anilines is 1. The van der Waals surface area contributed by atoms with Crippen molar-refractivity contribution >= 4 is 11.4 Å². The quantitative estimate of drug-likeness (QED) is 0.669. The van der Waals surface area contributed by atoms with E-state index in [0.717, 1.165) is 11.3 Å². The molecule has 0 aliphatic carbocycles. The summed E-state index contributed by atoms with van der Waals surface area (Å²) in [5, 5.41) is 14.0. The third kappa shape index (κ3) is 3.23. The van der Waals surface area contributed by atoms with Crippen LogP contribution in [0.4, 0.5) is 11.4 Å². The average Bonchev–Trinajstić information content (AvgIpc) is 2.46. The fourth-order valence-electron chi connectivity index (χ4n) is 1.74. The van der Waals surface area contributed by atoms with E-state index in [4.69, 9.17) is 4.74 Å². The Morgan fingerprint density at radius 1 is 1.35 bits per heavy atom. The first-order valence-corrected chi connectivity index (χ1v) is 6.08. The van der Waals surface area contributed by atoms with Gasteiger partial charge in [0.2, 0.25) is 0 Å². The fourth-order valence-corrected chi connectivity index (χ4v) is 1.74. The molecule has 0 radical (unpaired) electrons. The number of rotatable bonds is 5. The maximum Gasteiger partial charge on any atom is 0.312 e. The Kier molecular flexibility index (Phi) is 4.14. The van der Waals surface area contributed by atoms with Crippen LogP contribution in [0.2, 0.25) is 0 Å². The number of nitrogens with zero attached hydrogens (tertiary/aromatic N) is 2. The van der Waals surface area contributed by atoms with Crippen molar-refractivity contribution in [2.45, 2.75) is 13.5 Å². The Balaban J connectivity index is 2.11. The molecule has 2 rings (SSSR count). The van der Waals surface area contributed by atoms with Crippen LogP contribution < -0.4 is 10.1 Å². The molecular formula is C14H15N3O3. The summed E-state index contributed by atoms with van der Waals surface area (Å²) in [4.78, 5) is 14.7. The van der Waals surface area contributed by atoms with Crippen molar-refractivity contribution in [1.29, 1.82) is 0 Å². The maximum atomic E-state index is 10.9. The van der Waals surface area contributed by atoms with Gasteiger partial charge in [-0.1, -0.05) is 6.07 Å². The Morgan fingerprint density at radius 2 is 2.15 bits per heavy atom. The van der Waals surface area contributed by atoms with Crippen LogP contribution in [-0.2, 0) is 6.54 Å². The summed E-state index contributed by atoms with van der Waals surface area (Å²) in [5.41, 5.74) is 2.55. The molecule has 0 saturated carbocycles. The molecule has 0 spiro atoms. The summed E-state index contributed by atoms with van der Waals surface area (Å²) in [6.07, 6.45) is 1.79. The largest absolute Gasteiger partial charge is 0.490 e. The van der Waals surface area contributed by atoms with Gasteiger partial charge in [-0.15, -0.1) is 0 Å². The van der Waals surface area contributed by atoms with Gasteiger partial charge in [0.25, 0.3) is 0 Å². The second kappa shape index (κ2) is 6.01. The molecule has 1 N–H and O–H groups in total. The highest BCUT2D eigenvalue weighted by atomic mass is 16.6. The van der Waals surface area contributed by atoms with Gasteiger partial charge in [0.1, 0.15) is 0 Å². The molecular weight excluding hydrogens is 258 g/mol. The van der Waals surface area contributed by atoms with Crippen LogP contribution >= 0.6 is 0 Å². The Bertz CT molecular complexity index is 612. The standard InChI is InChI=1S/C14H15N3O3/c1-10-3-4-12(15-8-10)9-16-11-5-6-14(20-2)13(7-11)17(18)19/h3-8,16H,9H2,1-2H3. The van der Waals surface area contributed by atoms with Gasteiger partial charge < -0.3 is 10.1 Å². The predicted molar refractivity (Wildman–Crippen MR) is 75.9 cm³/mol. The van der Waals surface area contributed by atoms with Crippen LogP contribution in [0.25, 0.3) is 0 Å². The minimum absolute atomic E-state index is 0.0608. The Hall–Kier alpha value is -2.63. The second-order valence-electron chi connectivity index (χ2n) is 4.32. The van der Waals surface area contributed by atoms with E-state index in [2.05, 4.69) is 10.3 Å². The van der Waals surface area contributed by atoms with Gasteiger partial charge in [-0.25, -0.2) is 0 Å². The Labute approximate surface area is 116 Å². The lowest BCUT2D eigenvalue weighted by molar-refractivity contribution is -0.385. The first-order valence-electron chi connectivity index (χ1n) is 6.08. The second-order valence-corrected chi connectivity index (χ2v) is 4.32. The van der Waals surface area contributed by atoms with E-state index in [9.17, 15) is 10.1 Å². The van der Waals surface area contributed by atoms with Gasteiger partial charge in [0.15, 0.2) is 5.75 Å². The van der Waals surface area contributed by atoms with Gasteiger partial charge in [-0.05, 0) is 30.7 Å². The highest BCUT2D eigenvalue weighted by Gasteiger charge is 2.14. The molecule has 0 atom stereocenters. The van der Waals surface area contributed by atoms with Crippen molar-refractivity contribution in [2.24, 2.45) is 0 Å². The molecule has 0 fully saturated rings. The van der Waals surface area contributed by atoms with E-state index in [0.29, 0.717) is 12.2 Å². The van der Waals surface area contributed by atoms with E-state index in [-0.39, 0.29) is 11.4 Å². The SMILES string of the molecule is COc1ccc(NCc2ccc(C)cn2)cc1[N+](=O)[O-]. The topological polar surface area (TPSA) is 77.3 Å². The first kappa shape index (κ1) is 13.8. The van der Waals surface area contributed by atoms with E-state index in [1.165, 1.54) is 13.2 Å². The molecule has 0 aliphatic heterocycles. The van der Waals surface area contributed by atoms with Crippen LogP contribution in [0, 0.1) is 17.0 Å². The number of hydrogen-bond acceptors (Lipinski definition) is 5. The summed E-state index contributed by atoms with van der Waals surface area (Å²) in [6, 6.07) is 8.65. The van der Waals surface area contributed by atoms with Crippen LogP contribution in [-0.4, -0.2) is 17.0 Å². The molecule has 2 aromatic rings. The van der Waals surface area contributed by atoms with Crippen LogP contribution in [0.15, 0.2) is 36.5 Å². The molecule has 0 aliphatic rings. The molecule has 6 heteroatoms. The van der Waals surface area contributed by atoms with Gasteiger partial charge in [0.05, 0.1) is 24.3 Å². The number of aryl methyl sites for hydroxylation is 1. The number of aromatic nitrogens is 1. The smallest absolute Gasteiger partial charge is 0.312 e. The molecule has 1 heterocycles. The fraction of sp³-hybridized carbons (Fsp3) is 0.214. The zero-order valence-electron chi connectivity index (χ0n) is 11.3. The van der Waals surface area contributed by atoms with E-state index >= 15 is 0 Å².